The van der Waals surface area contributed by atoms with Crippen molar-refractivity contribution in [3.8, 4) is 0 Å². The van der Waals surface area contributed by atoms with Gasteiger partial charge in [0, 0.05) is 25.3 Å². The molecule has 0 saturated carbocycles. The number of benzene rings is 1. The highest BCUT2D eigenvalue weighted by Gasteiger charge is 2.34. The van der Waals surface area contributed by atoms with E-state index in [1.54, 1.807) is 23.1 Å². The first-order valence-corrected chi connectivity index (χ1v) is 9.04. The largest absolute Gasteiger partial charge is 0.453 e. The monoisotopic (exact) mass is 381 g/mol. The maximum atomic E-state index is 12.5. The number of ether oxygens (including phenoxy) is 1. The molecule has 1 aromatic carbocycles. The normalized spacial score (nSPS) is 16.3. The Morgan fingerprint density at radius 1 is 1.31 bits per heavy atom. The van der Waals surface area contributed by atoms with Crippen LogP contribution in [-0.2, 0) is 9.53 Å². The summed E-state index contributed by atoms with van der Waals surface area (Å²) < 4.78 is 4.71. The molecule has 142 valence electrons. The van der Waals surface area contributed by atoms with Crippen molar-refractivity contribution >= 4 is 35.2 Å². The van der Waals surface area contributed by atoms with E-state index in [9.17, 15) is 14.4 Å². The molecule has 1 aliphatic rings. The lowest BCUT2D eigenvalue weighted by molar-refractivity contribution is -0.119. The predicted molar refractivity (Wildman–Crippen MR) is 99.5 cm³/mol. The Balaban J connectivity index is 2.11. The Morgan fingerprint density at radius 3 is 2.58 bits per heavy atom. The first kappa shape index (κ1) is 20.0. The summed E-state index contributed by atoms with van der Waals surface area (Å²) in [6, 6.07) is 4.22. The van der Waals surface area contributed by atoms with Gasteiger partial charge in [0.1, 0.15) is 6.04 Å². The first-order valence-electron chi connectivity index (χ1n) is 8.67. The molecule has 1 aliphatic heterocycles. The fraction of sp³-hybridized carbons (Fsp3) is 0.500. The van der Waals surface area contributed by atoms with Gasteiger partial charge in [-0.3, -0.25) is 14.5 Å². The fourth-order valence-corrected chi connectivity index (χ4v) is 3.31. The number of halogens is 1. The number of nitrogens with one attached hydrogen (secondary N) is 1. The van der Waals surface area contributed by atoms with Gasteiger partial charge in [-0.05, 0) is 44.9 Å². The number of amides is 3. The highest BCUT2D eigenvalue weighted by atomic mass is 35.5. The summed E-state index contributed by atoms with van der Waals surface area (Å²) in [4.78, 5) is 39.7. The number of nitrogens with zero attached hydrogens (tertiary/aromatic N) is 2. The molecule has 1 unspecified atom stereocenters. The van der Waals surface area contributed by atoms with Crippen molar-refractivity contribution in [2.45, 2.75) is 32.7 Å². The van der Waals surface area contributed by atoms with Crippen LogP contribution >= 0.6 is 11.6 Å². The lowest BCUT2D eigenvalue weighted by atomic mass is 10.1. The third kappa shape index (κ3) is 4.27. The predicted octanol–water partition coefficient (Wildman–Crippen LogP) is 2.99. The van der Waals surface area contributed by atoms with Gasteiger partial charge in [-0.15, -0.1) is 0 Å². The molecular formula is C18H24ClN3O4. The summed E-state index contributed by atoms with van der Waals surface area (Å²) in [7, 11) is 1.29. The van der Waals surface area contributed by atoms with Crippen LogP contribution in [0.25, 0.3) is 0 Å². The summed E-state index contributed by atoms with van der Waals surface area (Å²) in [6.07, 6.45) is 0.805. The summed E-state index contributed by atoms with van der Waals surface area (Å²) in [6.45, 7) is 5.48. The van der Waals surface area contributed by atoms with Crippen LogP contribution in [0, 0.1) is 0 Å². The molecule has 0 aliphatic carbocycles. The van der Waals surface area contributed by atoms with E-state index in [4.69, 9.17) is 16.3 Å². The van der Waals surface area contributed by atoms with E-state index in [0.717, 1.165) is 6.42 Å². The minimum absolute atomic E-state index is 0.148. The lowest BCUT2D eigenvalue weighted by Crippen LogP contribution is -2.43. The van der Waals surface area contributed by atoms with Gasteiger partial charge >= 0.3 is 6.09 Å². The van der Waals surface area contributed by atoms with E-state index in [0.29, 0.717) is 37.3 Å². The highest BCUT2D eigenvalue weighted by Crippen LogP contribution is 2.24. The summed E-state index contributed by atoms with van der Waals surface area (Å²) in [5, 5.41) is 3.03. The van der Waals surface area contributed by atoms with Crippen molar-refractivity contribution < 1.29 is 19.1 Å². The van der Waals surface area contributed by atoms with E-state index in [2.05, 4.69) is 5.32 Å². The molecule has 1 heterocycles. The molecule has 0 radical (unpaired) electrons. The third-order valence-electron chi connectivity index (χ3n) is 4.48. The van der Waals surface area contributed by atoms with E-state index >= 15 is 0 Å². The van der Waals surface area contributed by atoms with Crippen molar-refractivity contribution in [3.05, 3.63) is 28.8 Å². The average Bonchev–Trinajstić information content (AvgIpc) is 3.12. The molecule has 2 rings (SSSR count). The SMILES string of the molecule is CCN(CC)C(=O)c1ccc(NC(=O)C2CCCN2C(=O)OC)cc1Cl. The lowest BCUT2D eigenvalue weighted by Gasteiger charge is -2.22. The average molecular weight is 382 g/mol. The molecule has 8 heteroatoms. The molecular weight excluding hydrogens is 358 g/mol. The Bertz CT molecular complexity index is 691. The van der Waals surface area contributed by atoms with Crippen LogP contribution in [0.4, 0.5) is 10.5 Å². The molecule has 0 spiro atoms. The van der Waals surface area contributed by atoms with Crippen LogP contribution in [0.5, 0.6) is 0 Å². The number of methoxy groups -OCH3 is 1. The second kappa shape index (κ2) is 8.89. The van der Waals surface area contributed by atoms with Gasteiger partial charge in [-0.2, -0.15) is 0 Å². The summed E-state index contributed by atoms with van der Waals surface area (Å²) in [5.74, 6) is -0.447. The van der Waals surface area contributed by atoms with Gasteiger partial charge in [0.15, 0.2) is 0 Å². The molecule has 1 fully saturated rings. The van der Waals surface area contributed by atoms with Crippen LogP contribution in [-0.4, -0.2) is 60.5 Å². The van der Waals surface area contributed by atoms with Crippen LogP contribution < -0.4 is 5.32 Å². The minimum atomic E-state index is -0.571. The van der Waals surface area contributed by atoms with Crippen molar-refractivity contribution in [2.75, 3.05) is 32.1 Å². The van der Waals surface area contributed by atoms with Crippen LogP contribution in [0.3, 0.4) is 0 Å². The number of hydrogen-bond acceptors (Lipinski definition) is 4. The fourth-order valence-electron chi connectivity index (χ4n) is 3.05. The molecule has 3 amide bonds. The number of rotatable bonds is 5. The molecule has 7 nitrogen and oxygen atoms in total. The quantitative estimate of drug-likeness (QED) is 0.850. The van der Waals surface area contributed by atoms with Gasteiger partial charge < -0.3 is 15.0 Å². The number of likely N-dealkylation sites (tertiary alicyclic amines) is 1. The standard InChI is InChI=1S/C18H24ClN3O4/c1-4-21(5-2)17(24)13-9-8-12(11-14(13)19)20-16(23)15-7-6-10-22(15)18(25)26-3/h8-9,11,15H,4-7,10H2,1-3H3,(H,20,23). The van der Waals surface area contributed by atoms with Crippen molar-refractivity contribution in [2.24, 2.45) is 0 Å². The molecule has 1 aromatic rings. The number of carbonyl (C=O) groups is 3. The van der Waals surface area contributed by atoms with Gasteiger partial charge in [-0.25, -0.2) is 4.79 Å². The smallest absolute Gasteiger partial charge is 0.410 e. The second-order valence-electron chi connectivity index (χ2n) is 5.98. The van der Waals surface area contributed by atoms with Gasteiger partial charge in [0.05, 0.1) is 17.7 Å². The Hall–Kier alpha value is -2.28. The number of hydrogen-bond donors (Lipinski definition) is 1. The number of carbonyl (C=O) groups excluding carboxylic acids is 3. The molecule has 0 bridgehead atoms. The first-order chi connectivity index (χ1) is 12.4. The molecule has 26 heavy (non-hydrogen) atoms. The van der Waals surface area contributed by atoms with Crippen LogP contribution in [0.2, 0.25) is 5.02 Å². The number of anilines is 1. The zero-order chi connectivity index (χ0) is 19.3. The summed E-state index contributed by atoms with van der Waals surface area (Å²) in [5.41, 5.74) is 0.873. The molecule has 0 aromatic heterocycles. The Morgan fingerprint density at radius 2 is 2.00 bits per heavy atom. The summed E-state index contributed by atoms with van der Waals surface area (Å²) >= 11 is 6.24. The second-order valence-corrected chi connectivity index (χ2v) is 6.39. The zero-order valence-corrected chi connectivity index (χ0v) is 16.0. The van der Waals surface area contributed by atoms with E-state index in [1.165, 1.54) is 12.0 Å². The Labute approximate surface area is 158 Å². The van der Waals surface area contributed by atoms with Crippen molar-refractivity contribution in [1.82, 2.24) is 9.80 Å². The molecule has 1 N–H and O–H groups in total. The van der Waals surface area contributed by atoms with Crippen molar-refractivity contribution in [3.63, 3.8) is 0 Å². The minimum Gasteiger partial charge on any atom is -0.453 e. The maximum Gasteiger partial charge on any atom is 0.410 e. The van der Waals surface area contributed by atoms with Gasteiger partial charge in [-0.1, -0.05) is 11.6 Å². The van der Waals surface area contributed by atoms with Gasteiger partial charge in [0.25, 0.3) is 5.91 Å². The van der Waals surface area contributed by atoms with E-state index in [1.807, 2.05) is 13.8 Å². The van der Waals surface area contributed by atoms with Crippen LogP contribution in [0.15, 0.2) is 18.2 Å². The molecule has 1 saturated heterocycles. The highest BCUT2D eigenvalue weighted by molar-refractivity contribution is 6.34. The van der Waals surface area contributed by atoms with Gasteiger partial charge in [0.2, 0.25) is 5.91 Å². The zero-order valence-electron chi connectivity index (χ0n) is 15.3. The van der Waals surface area contributed by atoms with E-state index < -0.39 is 12.1 Å². The van der Waals surface area contributed by atoms with Crippen molar-refractivity contribution in [1.29, 1.82) is 0 Å². The maximum absolute atomic E-state index is 12.5. The molecule has 1 atom stereocenters. The van der Waals surface area contributed by atoms with E-state index in [-0.39, 0.29) is 16.8 Å². The topological polar surface area (TPSA) is 79.0 Å². The van der Waals surface area contributed by atoms with Crippen LogP contribution in [0.1, 0.15) is 37.0 Å². The Kier molecular flexibility index (Phi) is 6.85. The third-order valence-corrected chi connectivity index (χ3v) is 4.79.